The quantitative estimate of drug-likeness (QED) is 0.526. The van der Waals surface area contributed by atoms with Crippen molar-refractivity contribution in [3.05, 3.63) is 0 Å². The molecule has 0 aromatic heterocycles. The fourth-order valence-electron chi connectivity index (χ4n) is 0. The minimum atomic E-state index is 0. The van der Waals surface area contributed by atoms with E-state index in [1.807, 2.05) is 27.7 Å². The van der Waals surface area contributed by atoms with Crippen LogP contribution in [0.2, 0.25) is 0 Å². The van der Waals surface area contributed by atoms with E-state index in [2.05, 4.69) is 0 Å². The van der Waals surface area contributed by atoms with E-state index in [1.165, 1.54) is 0 Å². The van der Waals surface area contributed by atoms with Gasteiger partial charge in [0.25, 0.3) is 0 Å². The van der Waals surface area contributed by atoms with E-state index in [1.54, 1.807) is 0 Å². The molecule has 0 aliphatic heterocycles. The van der Waals surface area contributed by atoms with Gasteiger partial charge >= 0.3 is 0 Å². The minimum absolute atomic E-state index is 0. The Kier molecular flexibility index (Phi) is 45.6. The third-order valence-electron chi connectivity index (χ3n) is 0.816. The maximum atomic E-state index is 6.83. The van der Waals surface area contributed by atoms with Crippen molar-refractivity contribution < 1.29 is 2.74 Å². The second-order valence-corrected chi connectivity index (χ2v) is 1.63. The molecule has 0 N–H and O–H groups in total. The Morgan fingerprint density at radius 1 is 0.800 bits per heavy atom. The molecule has 0 aliphatic carbocycles. The van der Waals surface area contributed by atoms with Crippen LogP contribution in [0, 0.1) is 0 Å². The van der Waals surface area contributed by atoms with Crippen molar-refractivity contribution in [2.24, 2.45) is 0 Å². The fraction of sp³-hybridized carbons (Fsp3) is 1.00. The highest BCUT2D eigenvalue weighted by molar-refractivity contribution is 4.13. The molecule has 0 aromatic rings. The van der Waals surface area contributed by atoms with E-state index < -0.39 is 0 Å². The molecule has 2 atom stereocenters. The maximum absolute atomic E-state index is 6.83. The SMILES string of the molecule is C.C.[2H]C(C)CC.[2H]C(C)CC. The van der Waals surface area contributed by atoms with Crippen LogP contribution < -0.4 is 0 Å². The van der Waals surface area contributed by atoms with Crippen molar-refractivity contribution in [3.63, 3.8) is 0 Å². The van der Waals surface area contributed by atoms with Gasteiger partial charge in [-0.05, 0) is 0 Å². The standard InChI is InChI=1S/2C4H10.2CH4/c2*1-3-4-2;;/h2*3-4H2,1-2H3;2*1H4/i2*3D;;. The second kappa shape index (κ2) is 36.0. The molecule has 10 heavy (non-hydrogen) atoms. The third kappa shape index (κ3) is 98.0. The van der Waals surface area contributed by atoms with Gasteiger partial charge in [0, 0.05) is 2.74 Å². The minimum Gasteiger partial charge on any atom is -0.0776 e. The highest BCUT2D eigenvalue weighted by Crippen LogP contribution is 1.77. The Morgan fingerprint density at radius 3 is 0.900 bits per heavy atom. The Hall–Kier alpha value is 0. The van der Waals surface area contributed by atoms with Crippen LogP contribution in [-0.2, 0) is 0 Å². The van der Waals surface area contributed by atoms with Crippen LogP contribution in [0.5, 0.6) is 0 Å². The summed E-state index contributed by atoms with van der Waals surface area (Å²) < 4.78 is 13.7. The predicted octanol–water partition coefficient (Wildman–Crippen LogP) is 4.89. The van der Waals surface area contributed by atoms with Crippen LogP contribution in [0.15, 0.2) is 0 Å². The Labute approximate surface area is 71.9 Å². The summed E-state index contributed by atoms with van der Waals surface area (Å²) in [5.41, 5.74) is 0. The lowest BCUT2D eigenvalue weighted by Gasteiger charge is -1.68. The Morgan fingerprint density at radius 2 is 0.900 bits per heavy atom. The summed E-state index contributed by atoms with van der Waals surface area (Å²) in [7, 11) is 0. The van der Waals surface area contributed by atoms with Crippen molar-refractivity contribution in [1.82, 2.24) is 0 Å². The van der Waals surface area contributed by atoms with Gasteiger partial charge in [0.05, 0.1) is 0 Å². The Balaban J connectivity index is -0.0000000457. The van der Waals surface area contributed by atoms with Crippen molar-refractivity contribution in [2.45, 2.75) is 68.2 Å². The van der Waals surface area contributed by atoms with Crippen LogP contribution in [0.3, 0.4) is 0 Å². The summed E-state index contributed by atoms with van der Waals surface area (Å²) in [4.78, 5) is 0. The normalized spacial score (nSPS) is 15.2. The average molecular weight is 150 g/mol. The topological polar surface area (TPSA) is 0 Å². The van der Waals surface area contributed by atoms with Gasteiger partial charge in [0.1, 0.15) is 0 Å². The van der Waals surface area contributed by atoms with E-state index in [-0.39, 0.29) is 27.6 Å². The molecule has 2 unspecified atom stereocenters. The lowest BCUT2D eigenvalue weighted by atomic mass is 10.4. The molecule has 0 bridgehead atoms. The first-order valence-electron chi connectivity index (χ1n) is 4.54. The number of hydrogen-bond donors (Lipinski definition) is 0. The molecular weight excluding hydrogens is 120 g/mol. The average Bonchev–Trinajstić information content (AvgIpc) is 1.89. The van der Waals surface area contributed by atoms with E-state index in [4.69, 9.17) is 2.74 Å². The number of rotatable bonds is 2. The third-order valence-corrected chi connectivity index (χ3v) is 0.816. The zero-order chi connectivity index (χ0) is 8.57. The van der Waals surface area contributed by atoms with E-state index in [0.717, 1.165) is 12.8 Å². The number of hydrogen-bond acceptors (Lipinski definition) is 0. The molecule has 0 nitrogen and oxygen atoms in total. The first-order valence-corrected chi connectivity index (χ1v) is 3.39. The highest BCUT2D eigenvalue weighted by Gasteiger charge is 1.56. The molecule has 0 saturated carbocycles. The summed E-state index contributed by atoms with van der Waals surface area (Å²) in [5, 5.41) is 0. The van der Waals surface area contributed by atoms with Crippen LogP contribution in [0.4, 0.5) is 0 Å². The molecule has 0 fully saturated rings. The van der Waals surface area contributed by atoms with Crippen molar-refractivity contribution >= 4 is 0 Å². The molecule has 0 aromatic carbocycles. The molecule has 0 aliphatic rings. The lowest BCUT2D eigenvalue weighted by Crippen LogP contribution is -1.47. The zero-order valence-corrected chi connectivity index (χ0v) is 6.57. The van der Waals surface area contributed by atoms with Gasteiger partial charge in [-0.2, -0.15) is 0 Å². The summed E-state index contributed by atoms with van der Waals surface area (Å²) >= 11 is 0. The monoisotopic (exact) mass is 150 g/mol. The zero-order valence-electron chi connectivity index (χ0n) is 8.57. The van der Waals surface area contributed by atoms with Crippen LogP contribution >= 0.6 is 0 Å². The first-order chi connectivity index (χ1) is 4.54. The molecule has 0 rings (SSSR count). The molecule has 0 radical (unpaired) electrons. The van der Waals surface area contributed by atoms with Crippen molar-refractivity contribution in [2.75, 3.05) is 0 Å². The first kappa shape index (κ1) is 12.7. The van der Waals surface area contributed by atoms with Crippen LogP contribution in [0.25, 0.3) is 0 Å². The highest BCUT2D eigenvalue weighted by atomic mass is 13.6. The second-order valence-electron chi connectivity index (χ2n) is 1.63. The predicted molar refractivity (Wildman–Crippen MR) is 54.6 cm³/mol. The van der Waals surface area contributed by atoms with Crippen molar-refractivity contribution in [3.8, 4) is 0 Å². The van der Waals surface area contributed by atoms with Gasteiger partial charge in [-0.15, -0.1) is 0 Å². The van der Waals surface area contributed by atoms with Gasteiger partial charge in [0.2, 0.25) is 0 Å². The smallest absolute Gasteiger partial charge is 0.0264 e. The van der Waals surface area contributed by atoms with E-state index >= 15 is 0 Å². The molecule has 0 heterocycles. The molecule has 0 saturated heterocycles. The summed E-state index contributed by atoms with van der Waals surface area (Å²) in [5.74, 6) is 0. The largest absolute Gasteiger partial charge is 0.0776 e. The molecule has 68 valence electrons. The van der Waals surface area contributed by atoms with Crippen LogP contribution in [-0.4, -0.2) is 0 Å². The van der Waals surface area contributed by atoms with Crippen LogP contribution in [0.1, 0.15) is 70.9 Å². The molecule has 0 amide bonds. The molecule has 0 spiro atoms. The molecule has 0 heteroatoms. The van der Waals surface area contributed by atoms with E-state index in [0.29, 0.717) is 0 Å². The van der Waals surface area contributed by atoms with Gasteiger partial charge in [0.15, 0.2) is 0 Å². The van der Waals surface area contributed by atoms with E-state index in [9.17, 15) is 0 Å². The van der Waals surface area contributed by atoms with Crippen molar-refractivity contribution in [1.29, 1.82) is 0 Å². The van der Waals surface area contributed by atoms with Gasteiger partial charge in [-0.3, -0.25) is 0 Å². The fourth-order valence-corrected chi connectivity index (χ4v) is 0. The van der Waals surface area contributed by atoms with Gasteiger partial charge in [-0.1, -0.05) is 68.2 Å². The summed E-state index contributed by atoms with van der Waals surface area (Å²) in [6, 6.07) is 0. The summed E-state index contributed by atoms with van der Waals surface area (Å²) in [6.07, 6.45) is 2.21. The van der Waals surface area contributed by atoms with Gasteiger partial charge in [-0.25, -0.2) is 0 Å². The Bertz CT molecular complexity index is 43.8. The lowest BCUT2D eigenvalue weighted by molar-refractivity contribution is 0.886. The summed E-state index contributed by atoms with van der Waals surface area (Å²) in [6.45, 7) is 7.80. The molecular formula is C10H28. The maximum Gasteiger partial charge on any atom is 0.0264 e. The van der Waals surface area contributed by atoms with Gasteiger partial charge < -0.3 is 0 Å².